The molecule has 0 bridgehead atoms. The van der Waals surface area contributed by atoms with Gasteiger partial charge in [0, 0.05) is 12.6 Å². The van der Waals surface area contributed by atoms with Crippen LogP contribution in [0.1, 0.15) is 19.8 Å². The molecule has 0 fully saturated rings. The molecule has 0 radical (unpaired) electrons. The quantitative estimate of drug-likeness (QED) is 0.740. The normalized spacial score (nSPS) is 12.5. The zero-order valence-electron chi connectivity index (χ0n) is 8.20. The first-order valence-corrected chi connectivity index (χ1v) is 5.10. The van der Waals surface area contributed by atoms with E-state index in [1.165, 1.54) is 0 Å². The zero-order chi connectivity index (χ0) is 10.4. The minimum atomic E-state index is 0.231. The van der Waals surface area contributed by atoms with E-state index in [4.69, 9.17) is 16.7 Å². The molecule has 0 saturated carbocycles. The molecule has 4 heteroatoms. The van der Waals surface area contributed by atoms with Crippen molar-refractivity contribution in [3.05, 3.63) is 23.4 Å². The first-order chi connectivity index (χ1) is 6.72. The molecule has 1 aromatic rings. The van der Waals surface area contributed by atoms with Crippen LogP contribution in [0.4, 0.5) is 5.82 Å². The molecule has 0 aliphatic carbocycles. The Balaban J connectivity index is 2.43. The van der Waals surface area contributed by atoms with E-state index in [0.29, 0.717) is 11.2 Å². The Morgan fingerprint density at radius 3 is 3.00 bits per heavy atom. The van der Waals surface area contributed by atoms with Crippen molar-refractivity contribution in [1.82, 2.24) is 4.98 Å². The highest BCUT2D eigenvalue weighted by molar-refractivity contribution is 6.29. The van der Waals surface area contributed by atoms with Gasteiger partial charge in [-0.25, -0.2) is 4.98 Å². The number of pyridine rings is 1. The van der Waals surface area contributed by atoms with Gasteiger partial charge in [0.15, 0.2) is 0 Å². The first-order valence-electron chi connectivity index (χ1n) is 4.72. The van der Waals surface area contributed by atoms with Crippen LogP contribution in [0.25, 0.3) is 0 Å². The molecule has 0 amide bonds. The number of hydrogen-bond acceptors (Lipinski definition) is 3. The maximum atomic E-state index is 8.66. The van der Waals surface area contributed by atoms with Crippen molar-refractivity contribution >= 4 is 17.4 Å². The van der Waals surface area contributed by atoms with Crippen molar-refractivity contribution in [1.29, 1.82) is 0 Å². The summed E-state index contributed by atoms with van der Waals surface area (Å²) in [5, 5.41) is 12.4. The number of aliphatic hydroxyl groups is 1. The molecule has 78 valence electrons. The molecule has 0 saturated heterocycles. The Kier molecular flexibility index (Phi) is 4.70. The van der Waals surface area contributed by atoms with E-state index in [1.807, 2.05) is 12.1 Å². The second-order valence-electron chi connectivity index (χ2n) is 3.26. The van der Waals surface area contributed by atoms with E-state index in [2.05, 4.69) is 17.2 Å². The molecular weight excluding hydrogens is 200 g/mol. The number of halogens is 1. The van der Waals surface area contributed by atoms with Crippen molar-refractivity contribution in [3.63, 3.8) is 0 Å². The molecule has 0 aliphatic rings. The largest absolute Gasteiger partial charge is 0.396 e. The second-order valence-corrected chi connectivity index (χ2v) is 3.64. The molecule has 3 nitrogen and oxygen atoms in total. The summed E-state index contributed by atoms with van der Waals surface area (Å²) < 4.78 is 0. The van der Waals surface area contributed by atoms with Gasteiger partial charge in [0.05, 0.1) is 0 Å². The van der Waals surface area contributed by atoms with Gasteiger partial charge >= 0.3 is 0 Å². The summed E-state index contributed by atoms with van der Waals surface area (Å²) in [7, 11) is 0. The Hall–Kier alpha value is -0.800. The van der Waals surface area contributed by atoms with E-state index in [9.17, 15) is 0 Å². The fraction of sp³-hybridized carbons (Fsp3) is 0.500. The summed E-state index contributed by atoms with van der Waals surface area (Å²) >= 11 is 5.74. The minimum Gasteiger partial charge on any atom is -0.396 e. The summed E-state index contributed by atoms with van der Waals surface area (Å²) in [5.74, 6) is 0.780. The lowest BCUT2D eigenvalue weighted by molar-refractivity contribution is 0.282. The molecule has 2 N–H and O–H groups in total. The lowest BCUT2D eigenvalue weighted by Crippen LogP contribution is -2.16. The van der Waals surface area contributed by atoms with E-state index in [0.717, 1.165) is 18.7 Å². The molecule has 0 aromatic carbocycles. The highest BCUT2D eigenvalue weighted by atomic mass is 35.5. The molecule has 1 heterocycles. The third-order valence-corrected chi connectivity index (χ3v) is 2.12. The van der Waals surface area contributed by atoms with Gasteiger partial charge in [-0.05, 0) is 31.9 Å². The fourth-order valence-electron chi connectivity index (χ4n) is 1.21. The molecular formula is C10H15ClN2O. The van der Waals surface area contributed by atoms with Crippen molar-refractivity contribution in [2.45, 2.75) is 25.8 Å². The number of anilines is 1. The number of aromatic nitrogens is 1. The Labute approximate surface area is 89.1 Å². The molecule has 1 unspecified atom stereocenters. The lowest BCUT2D eigenvalue weighted by atomic mass is 10.2. The third-order valence-electron chi connectivity index (χ3n) is 1.90. The summed E-state index contributed by atoms with van der Waals surface area (Å²) in [5.41, 5.74) is 0. The first kappa shape index (κ1) is 11.3. The zero-order valence-corrected chi connectivity index (χ0v) is 8.96. The number of nitrogens with one attached hydrogen (secondary N) is 1. The average Bonchev–Trinajstić information content (AvgIpc) is 2.15. The predicted molar refractivity (Wildman–Crippen MR) is 58.7 cm³/mol. The average molecular weight is 215 g/mol. The predicted octanol–water partition coefficient (Wildman–Crippen LogP) is 2.31. The van der Waals surface area contributed by atoms with Crippen LogP contribution >= 0.6 is 11.6 Å². The summed E-state index contributed by atoms with van der Waals surface area (Å²) in [4.78, 5) is 4.11. The second kappa shape index (κ2) is 5.83. The fourth-order valence-corrected chi connectivity index (χ4v) is 1.37. The van der Waals surface area contributed by atoms with Crippen molar-refractivity contribution < 1.29 is 5.11 Å². The smallest absolute Gasteiger partial charge is 0.131 e. The van der Waals surface area contributed by atoms with Crippen molar-refractivity contribution in [2.75, 3.05) is 11.9 Å². The number of hydrogen-bond donors (Lipinski definition) is 2. The molecule has 0 aliphatic heterocycles. The summed E-state index contributed by atoms with van der Waals surface area (Å²) in [6, 6.07) is 5.77. The standard InChI is InChI=1S/C10H15ClN2O/c1-8(4-3-7-14)12-10-6-2-5-9(11)13-10/h2,5-6,8,14H,3-4,7H2,1H3,(H,12,13). The SMILES string of the molecule is CC(CCCO)Nc1cccc(Cl)n1. The van der Waals surface area contributed by atoms with Crippen LogP contribution < -0.4 is 5.32 Å². The van der Waals surface area contributed by atoms with E-state index >= 15 is 0 Å². The van der Waals surface area contributed by atoms with Gasteiger partial charge in [-0.15, -0.1) is 0 Å². The van der Waals surface area contributed by atoms with Gasteiger partial charge in [0.2, 0.25) is 0 Å². The monoisotopic (exact) mass is 214 g/mol. The maximum absolute atomic E-state index is 8.66. The van der Waals surface area contributed by atoms with Gasteiger partial charge < -0.3 is 10.4 Å². The highest BCUT2D eigenvalue weighted by Gasteiger charge is 2.02. The maximum Gasteiger partial charge on any atom is 0.131 e. The highest BCUT2D eigenvalue weighted by Crippen LogP contribution is 2.11. The van der Waals surface area contributed by atoms with Crippen LogP contribution in [0.3, 0.4) is 0 Å². The number of nitrogens with zero attached hydrogens (tertiary/aromatic N) is 1. The number of aliphatic hydroxyl groups excluding tert-OH is 1. The molecule has 14 heavy (non-hydrogen) atoms. The van der Waals surface area contributed by atoms with Crippen LogP contribution in [-0.2, 0) is 0 Å². The van der Waals surface area contributed by atoms with Gasteiger partial charge in [0.1, 0.15) is 11.0 Å². The van der Waals surface area contributed by atoms with Crippen molar-refractivity contribution in [2.24, 2.45) is 0 Å². The third kappa shape index (κ3) is 3.94. The van der Waals surface area contributed by atoms with Crippen LogP contribution in [0, 0.1) is 0 Å². The lowest BCUT2D eigenvalue weighted by Gasteiger charge is -2.13. The Bertz CT molecular complexity index is 281. The van der Waals surface area contributed by atoms with Crippen LogP contribution in [-0.4, -0.2) is 22.7 Å². The topological polar surface area (TPSA) is 45.1 Å². The molecule has 1 rings (SSSR count). The van der Waals surface area contributed by atoms with Crippen LogP contribution in [0.5, 0.6) is 0 Å². The molecule has 0 spiro atoms. The van der Waals surface area contributed by atoms with Crippen LogP contribution in [0.2, 0.25) is 5.15 Å². The number of rotatable bonds is 5. The van der Waals surface area contributed by atoms with E-state index in [1.54, 1.807) is 6.07 Å². The minimum absolute atomic E-state index is 0.231. The summed E-state index contributed by atoms with van der Waals surface area (Å²) in [6.45, 7) is 2.28. The van der Waals surface area contributed by atoms with E-state index in [-0.39, 0.29) is 6.61 Å². The van der Waals surface area contributed by atoms with Gasteiger partial charge in [0.25, 0.3) is 0 Å². The molecule has 1 atom stereocenters. The summed E-state index contributed by atoms with van der Waals surface area (Å²) in [6.07, 6.45) is 1.72. The van der Waals surface area contributed by atoms with E-state index < -0.39 is 0 Å². The van der Waals surface area contributed by atoms with Gasteiger partial charge in [-0.1, -0.05) is 17.7 Å². The van der Waals surface area contributed by atoms with Crippen molar-refractivity contribution in [3.8, 4) is 0 Å². The van der Waals surface area contributed by atoms with Gasteiger partial charge in [-0.3, -0.25) is 0 Å². The Morgan fingerprint density at radius 2 is 2.36 bits per heavy atom. The van der Waals surface area contributed by atoms with Crippen LogP contribution in [0.15, 0.2) is 18.2 Å². The Morgan fingerprint density at radius 1 is 1.57 bits per heavy atom. The van der Waals surface area contributed by atoms with Gasteiger partial charge in [-0.2, -0.15) is 0 Å². The molecule has 1 aromatic heterocycles.